The minimum absolute atomic E-state index is 0.00837. The number of carbonyl (C=O) groups is 7. The maximum atomic E-state index is 14.6. The summed E-state index contributed by atoms with van der Waals surface area (Å²) in [6.45, 7) is 19.7. The standard InChI is InChI=1S/C95H126N18O16/c1-59-14-10-9-11-15-61(3)80(123-7)49-73-25-18-64(6)95(122,129-73)85(117)89(119)112-31-13-12-16-75(112)90(120)126-72(24-17-60(2)45-63(5)77(115)50-76(114)62(4)44-59)26-20-65-21-27-79(81(47-65)124-8)128-94(121)102-53-67-51-98-92(99-52-67)110-39-37-108(38-40-110)82(116)30-42-125-43-41-107-33-35-109(36-34-107)93-100-54-71(55-101-93)88(118)111-32-29-68-46-66(19-22-70(68)57-111)56-113-87-83(86(96)103-58-104-87)84(106-113)69-23-28-78-74(48-69)105-91(97)127-78/h9-11,14-15,19,22-23,28,45-46,48,51-52,54-55,58-60,62,64-65,72-73,75,77,79-81,115,122H,12-13,16-18,20-21,24-27,29-44,47,49-50,53,56-57H2,1-8H3,(H2,97,105)(H,102,121)(H2,96,103,104)/b11-9?,14-10+,61-15?,63-45+/t59-,60+,62-,64-,65-,72+,73?,75+,77+,79-,80+,81-,95-/m1/s1. The Hall–Kier alpha value is -11.0. The van der Waals surface area contributed by atoms with Gasteiger partial charge in [-0.25, -0.2) is 44.2 Å². The van der Waals surface area contributed by atoms with E-state index in [9.17, 15) is 43.8 Å². The van der Waals surface area contributed by atoms with Crippen LogP contribution in [0.5, 0.6) is 0 Å². The normalized spacial score (nSPS) is 26.8. The number of carbonyl (C=O) groups excluding carboxylic acids is 7. The fourth-order valence-electron chi connectivity index (χ4n) is 18.9. The molecule has 6 aliphatic heterocycles. The molecule has 11 heterocycles. The monoisotopic (exact) mass is 1770 g/mol. The first kappa shape index (κ1) is 94.1. The van der Waals surface area contributed by atoms with E-state index >= 15 is 0 Å². The van der Waals surface area contributed by atoms with Gasteiger partial charge in [0.25, 0.3) is 23.6 Å². The second-order valence-electron chi connectivity index (χ2n) is 36.0. The van der Waals surface area contributed by atoms with Crippen molar-refractivity contribution in [3.63, 3.8) is 0 Å². The first-order valence-corrected chi connectivity index (χ1v) is 45.9. The molecule has 5 fully saturated rings. The lowest BCUT2D eigenvalue weighted by Crippen LogP contribution is -2.60. The molecule has 34 heteroatoms. The van der Waals surface area contributed by atoms with E-state index in [1.165, 1.54) is 11.2 Å². The average molecular weight is 1780 g/mol. The zero-order chi connectivity index (χ0) is 91.0. The number of nitrogens with one attached hydrogen (secondary N) is 1. The number of alkyl carbamates (subject to hydrolysis) is 1. The molecule has 7 aliphatic rings. The van der Waals surface area contributed by atoms with Crippen molar-refractivity contribution in [1.29, 1.82) is 0 Å². The highest BCUT2D eigenvalue weighted by atomic mass is 16.6. The maximum absolute atomic E-state index is 14.6. The van der Waals surface area contributed by atoms with E-state index in [0.717, 1.165) is 47.5 Å². The number of cyclic esters (lactones) is 1. The van der Waals surface area contributed by atoms with Crippen LogP contribution in [0.15, 0.2) is 120 Å². The van der Waals surface area contributed by atoms with Crippen LogP contribution in [0.2, 0.25) is 0 Å². The molecule has 1 unspecified atom stereocenters. The van der Waals surface area contributed by atoms with Gasteiger partial charge in [0.05, 0.1) is 61.5 Å². The number of nitrogen functional groups attached to an aromatic ring is 2. The van der Waals surface area contributed by atoms with Gasteiger partial charge in [-0.2, -0.15) is 10.1 Å². The van der Waals surface area contributed by atoms with Gasteiger partial charge in [0.1, 0.15) is 47.4 Å². The number of ketones is 2. The van der Waals surface area contributed by atoms with Crippen molar-refractivity contribution in [3.05, 3.63) is 143 Å². The summed E-state index contributed by atoms with van der Waals surface area (Å²) in [7, 11) is 3.19. The van der Waals surface area contributed by atoms with Crippen molar-refractivity contribution in [1.82, 2.24) is 69.6 Å². The van der Waals surface area contributed by atoms with Crippen LogP contribution in [0, 0.1) is 29.6 Å². The minimum Gasteiger partial charge on any atom is -0.461 e. The Balaban J connectivity index is 0.485. The molecular formula is C95H126N18O16. The number of hydrogen-bond donors (Lipinski definition) is 5. The molecule has 13 atom stereocenters. The van der Waals surface area contributed by atoms with E-state index in [1.54, 1.807) is 52.0 Å². The van der Waals surface area contributed by atoms with E-state index in [-0.39, 0.29) is 79.6 Å². The number of aliphatic hydroxyl groups is 2. The molecular weight excluding hydrogens is 1650 g/mol. The van der Waals surface area contributed by atoms with Gasteiger partial charge >= 0.3 is 12.1 Å². The van der Waals surface area contributed by atoms with Gasteiger partial charge in [-0.05, 0) is 168 Å². The third kappa shape index (κ3) is 23.8. The second kappa shape index (κ2) is 43.6. The summed E-state index contributed by atoms with van der Waals surface area (Å²) >= 11 is 0. The molecule has 1 aliphatic carbocycles. The Morgan fingerprint density at radius 3 is 2.22 bits per heavy atom. The minimum atomic E-state index is -2.43. The molecule has 2 aromatic carbocycles. The molecule has 4 saturated heterocycles. The van der Waals surface area contributed by atoms with Gasteiger partial charge in [0.2, 0.25) is 23.6 Å². The number of methoxy groups -OCH3 is 2. The number of fused-ring (bicyclic) bond motifs is 6. The topological polar surface area (TPSA) is 420 Å². The van der Waals surface area contributed by atoms with E-state index in [2.05, 4.69) is 75.1 Å². The summed E-state index contributed by atoms with van der Waals surface area (Å²) in [5.41, 5.74) is 21.3. The number of rotatable bonds is 20. The van der Waals surface area contributed by atoms with Gasteiger partial charge in [-0.1, -0.05) is 82.4 Å². The van der Waals surface area contributed by atoms with Crippen LogP contribution in [-0.2, 0) is 78.4 Å². The molecule has 2 bridgehead atoms. The van der Waals surface area contributed by atoms with Gasteiger partial charge in [-0.15, -0.1) is 0 Å². The highest BCUT2D eigenvalue weighted by Crippen LogP contribution is 2.40. The Labute approximate surface area is 753 Å². The first-order valence-electron chi connectivity index (χ1n) is 45.9. The largest absolute Gasteiger partial charge is 0.461 e. The molecule has 14 rings (SSSR count). The second-order valence-corrected chi connectivity index (χ2v) is 36.0. The van der Waals surface area contributed by atoms with Crippen LogP contribution in [0.25, 0.3) is 33.4 Å². The fraction of sp³-hybridized carbons (Fsp3) is 0.568. The number of hydrogen-bond acceptors (Lipinski definition) is 29. The van der Waals surface area contributed by atoms with Crippen molar-refractivity contribution in [2.24, 2.45) is 29.6 Å². The quantitative estimate of drug-likeness (QED) is 0.0205. The van der Waals surface area contributed by atoms with E-state index < -0.39 is 78.1 Å². The van der Waals surface area contributed by atoms with Crippen LogP contribution in [0.1, 0.15) is 177 Å². The number of aliphatic hydroxyl groups excluding tert-OH is 1. The van der Waals surface area contributed by atoms with Crippen LogP contribution in [-0.4, -0.2) is 264 Å². The third-order valence-corrected chi connectivity index (χ3v) is 26.8. The summed E-state index contributed by atoms with van der Waals surface area (Å²) in [6, 6.07) is 10.8. The van der Waals surface area contributed by atoms with E-state index in [1.807, 2.05) is 95.7 Å². The number of nitrogens with zero attached hydrogens (tertiary/aromatic N) is 15. The highest BCUT2D eigenvalue weighted by molar-refractivity contribution is 6.39. The molecule has 7 N–H and O–H groups in total. The fourth-order valence-corrected chi connectivity index (χ4v) is 18.9. The number of nitrogens with two attached hydrogens (primary N) is 2. The molecule has 0 radical (unpaired) electrons. The Bertz CT molecular complexity index is 5200. The van der Waals surface area contributed by atoms with Gasteiger partial charge < -0.3 is 84.3 Å². The number of Topliss-reactive ketones (excluding diaryl/α,β-unsaturated/α-hetero) is 2. The SMILES string of the molecule is CO[C@H]1CC2CC[C@@H](C)[C@@](O)(O2)C(=O)C(=O)N2CCCC[C@H]2C(=O)O[C@H](CC[C@@H]2CC[C@@H](OC(=O)NCc3cnc(N4CCN(C(=O)CCOCCN5CCN(c6ncc(C(=O)N7CCc8cc(Cn9nc(-c%10ccc%11oc(N)nc%11c%10)c%10c(N)ncnc%109)ccc8C7)cn6)CC5)CC4)nc3)[C@H](OC)C2)CC[C@H](C)/C=C(\C)[C@@H](O)CC(=O)[C@H](C)C[C@H](C)/C=C/C=CC=C1C. The van der Waals surface area contributed by atoms with E-state index in [0.29, 0.717) is 224 Å². The summed E-state index contributed by atoms with van der Waals surface area (Å²) in [5.74, 6) is -4.71. The number of esters is 1. The summed E-state index contributed by atoms with van der Waals surface area (Å²) < 4.78 is 43.9. The van der Waals surface area contributed by atoms with Crippen molar-refractivity contribution >= 4 is 87.2 Å². The van der Waals surface area contributed by atoms with Crippen molar-refractivity contribution < 1.29 is 76.6 Å². The molecule has 1 saturated carbocycles. The maximum Gasteiger partial charge on any atom is 0.407 e. The number of ether oxygens (including phenoxy) is 6. The number of piperidine rings is 1. The molecule has 4 amide bonds. The van der Waals surface area contributed by atoms with Crippen molar-refractivity contribution in [2.75, 3.05) is 121 Å². The number of aromatic nitrogens is 9. The van der Waals surface area contributed by atoms with Gasteiger partial charge in [0, 0.05) is 160 Å². The predicted octanol–water partition coefficient (Wildman–Crippen LogP) is 9.88. The molecule has 7 aromatic rings. The Morgan fingerprint density at radius 1 is 0.705 bits per heavy atom. The third-order valence-electron chi connectivity index (χ3n) is 26.8. The molecule has 0 spiro atoms. The first-order chi connectivity index (χ1) is 62.2. The number of allylic oxidation sites excluding steroid dienone is 6. The Kier molecular flexibility index (Phi) is 31.8. The number of oxazole rings is 1. The molecule has 5 aromatic heterocycles. The number of amides is 4. The zero-order valence-electron chi connectivity index (χ0n) is 75.6. The van der Waals surface area contributed by atoms with Crippen molar-refractivity contribution in [2.45, 2.75) is 219 Å². The molecule has 129 heavy (non-hydrogen) atoms. The number of benzene rings is 2. The summed E-state index contributed by atoms with van der Waals surface area (Å²) in [4.78, 5) is 141. The molecule has 692 valence electrons. The van der Waals surface area contributed by atoms with Crippen LogP contribution < -0.4 is 26.6 Å². The lowest BCUT2D eigenvalue weighted by atomic mass is 9.81. The lowest BCUT2D eigenvalue weighted by Gasteiger charge is -2.42. The smallest absolute Gasteiger partial charge is 0.407 e. The number of anilines is 4. The summed E-state index contributed by atoms with van der Waals surface area (Å²) in [6.07, 6.45) is 23.7. The number of piperazine rings is 2. The highest BCUT2D eigenvalue weighted by Gasteiger charge is 2.53. The van der Waals surface area contributed by atoms with Gasteiger partial charge in [0.15, 0.2) is 11.2 Å². The Morgan fingerprint density at radius 2 is 1.47 bits per heavy atom. The van der Waals surface area contributed by atoms with E-state index in [4.69, 9.17) is 49.4 Å². The zero-order valence-corrected chi connectivity index (χ0v) is 75.6. The van der Waals surface area contributed by atoms with Crippen LogP contribution >= 0.6 is 0 Å². The molecule has 34 nitrogen and oxygen atoms in total. The van der Waals surface area contributed by atoms with Crippen molar-refractivity contribution in [3.8, 4) is 11.3 Å². The van der Waals surface area contributed by atoms with Gasteiger partial charge in [-0.3, -0.25) is 28.9 Å². The lowest BCUT2D eigenvalue weighted by molar-refractivity contribution is -0.265. The average Bonchev–Trinajstić information content (AvgIpc) is 1.55. The predicted molar refractivity (Wildman–Crippen MR) is 483 cm³/mol. The van der Waals surface area contributed by atoms with Crippen LogP contribution in [0.3, 0.4) is 0 Å². The van der Waals surface area contributed by atoms with Crippen LogP contribution in [0.4, 0.5) is 28.5 Å². The summed E-state index contributed by atoms with van der Waals surface area (Å²) in [5, 5.41) is 31.9.